The molecule has 1 atom stereocenters. The van der Waals surface area contributed by atoms with E-state index < -0.39 is 0 Å². The van der Waals surface area contributed by atoms with E-state index in [0.29, 0.717) is 6.04 Å². The van der Waals surface area contributed by atoms with Crippen LogP contribution >= 0.6 is 0 Å². The Balaban J connectivity index is 1.74. The number of nitrogens with zero attached hydrogens (tertiary/aromatic N) is 1. The first-order valence-corrected chi connectivity index (χ1v) is 8.31. The molecule has 0 saturated heterocycles. The molecule has 1 aliphatic carbocycles. The fraction of sp³-hybridized carbons (Fsp3) is 0.667. The van der Waals surface area contributed by atoms with Crippen LogP contribution in [-0.2, 0) is 12.8 Å². The van der Waals surface area contributed by atoms with Crippen molar-refractivity contribution < 1.29 is 0 Å². The van der Waals surface area contributed by atoms with Crippen LogP contribution in [0.1, 0.15) is 43.7 Å². The van der Waals surface area contributed by atoms with Gasteiger partial charge in [-0.15, -0.1) is 0 Å². The molecule has 1 aromatic rings. The minimum Gasteiger partial charge on any atom is -0.371 e. The lowest BCUT2D eigenvalue weighted by Crippen LogP contribution is -2.26. The van der Waals surface area contributed by atoms with Crippen LogP contribution in [-0.4, -0.2) is 26.2 Å². The summed E-state index contributed by atoms with van der Waals surface area (Å²) in [5, 5.41) is 3.36. The standard InChI is InChI=1S/C18H28N2/c1-14(19-2)12-16-8-5-9-18-17(16)10-11-20(18)13-15-6-3-4-7-15/h5,8-9,14-15,19H,3-4,6-7,10-13H2,1-2H3. The van der Waals surface area contributed by atoms with E-state index in [4.69, 9.17) is 0 Å². The van der Waals surface area contributed by atoms with E-state index >= 15 is 0 Å². The van der Waals surface area contributed by atoms with Crippen molar-refractivity contribution in [3.8, 4) is 0 Å². The van der Waals surface area contributed by atoms with Gasteiger partial charge in [0.05, 0.1) is 0 Å². The highest BCUT2D eigenvalue weighted by atomic mass is 15.1. The third-order valence-corrected chi connectivity index (χ3v) is 5.19. The van der Waals surface area contributed by atoms with Crippen LogP contribution in [0.15, 0.2) is 18.2 Å². The van der Waals surface area contributed by atoms with Crippen LogP contribution in [0.25, 0.3) is 0 Å². The molecule has 0 amide bonds. The summed E-state index contributed by atoms with van der Waals surface area (Å²) in [6, 6.07) is 7.48. The Hall–Kier alpha value is -1.02. The highest BCUT2D eigenvalue weighted by Gasteiger charge is 2.25. The number of likely N-dealkylation sites (N-methyl/N-ethyl adjacent to an activating group) is 1. The average Bonchev–Trinajstić information content (AvgIpc) is 3.10. The lowest BCUT2D eigenvalue weighted by molar-refractivity contribution is 0.538. The number of hydrogen-bond acceptors (Lipinski definition) is 2. The number of nitrogens with one attached hydrogen (secondary N) is 1. The molecule has 0 radical (unpaired) electrons. The van der Waals surface area contributed by atoms with Gasteiger partial charge in [-0.1, -0.05) is 25.0 Å². The fourth-order valence-corrected chi connectivity index (χ4v) is 3.89. The van der Waals surface area contributed by atoms with E-state index in [1.165, 1.54) is 50.9 Å². The highest BCUT2D eigenvalue weighted by Crippen LogP contribution is 2.34. The molecular weight excluding hydrogens is 244 g/mol. The van der Waals surface area contributed by atoms with E-state index in [1.54, 1.807) is 11.1 Å². The third-order valence-electron chi connectivity index (χ3n) is 5.19. The summed E-state index contributed by atoms with van der Waals surface area (Å²) >= 11 is 0. The van der Waals surface area contributed by atoms with Crippen molar-refractivity contribution in [1.29, 1.82) is 0 Å². The number of fused-ring (bicyclic) bond motifs is 1. The van der Waals surface area contributed by atoms with Crippen molar-refractivity contribution in [3.05, 3.63) is 29.3 Å². The first-order chi connectivity index (χ1) is 9.78. The normalized spacial score (nSPS) is 20.4. The van der Waals surface area contributed by atoms with Gasteiger partial charge in [0.2, 0.25) is 0 Å². The van der Waals surface area contributed by atoms with Crippen molar-refractivity contribution >= 4 is 5.69 Å². The van der Waals surface area contributed by atoms with Gasteiger partial charge in [-0.05, 0) is 62.8 Å². The first-order valence-electron chi connectivity index (χ1n) is 8.31. The second-order valence-corrected chi connectivity index (χ2v) is 6.66. The van der Waals surface area contributed by atoms with Gasteiger partial charge in [0.25, 0.3) is 0 Å². The molecule has 0 aromatic heterocycles. The Bertz CT molecular complexity index is 449. The van der Waals surface area contributed by atoms with Crippen LogP contribution in [0.2, 0.25) is 0 Å². The summed E-state index contributed by atoms with van der Waals surface area (Å²) in [4.78, 5) is 2.65. The second kappa shape index (κ2) is 6.17. The summed E-state index contributed by atoms with van der Waals surface area (Å²) in [6.45, 7) is 4.79. The Morgan fingerprint density at radius 2 is 2.10 bits per heavy atom. The molecule has 1 aromatic carbocycles. The predicted octanol–water partition coefficient (Wildman–Crippen LogP) is 3.39. The molecule has 3 rings (SSSR count). The molecule has 0 bridgehead atoms. The molecule has 1 N–H and O–H groups in total. The molecular formula is C18H28N2. The Morgan fingerprint density at radius 1 is 1.30 bits per heavy atom. The molecule has 2 nitrogen and oxygen atoms in total. The minimum absolute atomic E-state index is 0.561. The summed E-state index contributed by atoms with van der Waals surface area (Å²) < 4.78 is 0. The van der Waals surface area contributed by atoms with Crippen LogP contribution in [0.4, 0.5) is 5.69 Å². The first kappa shape index (κ1) is 13.9. The molecule has 20 heavy (non-hydrogen) atoms. The van der Waals surface area contributed by atoms with Gasteiger partial charge in [-0.25, -0.2) is 0 Å². The van der Waals surface area contributed by atoms with E-state index in [9.17, 15) is 0 Å². The Kier molecular flexibility index (Phi) is 4.30. The summed E-state index contributed by atoms with van der Waals surface area (Å²) in [6.07, 6.45) is 8.19. The van der Waals surface area contributed by atoms with Crippen LogP contribution < -0.4 is 10.2 Å². The van der Waals surface area contributed by atoms with E-state index in [-0.39, 0.29) is 0 Å². The zero-order valence-corrected chi connectivity index (χ0v) is 13.0. The minimum atomic E-state index is 0.561. The van der Waals surface area contributed by atoms with E-state index in [2.05, 4.69) is 42.4 Å². The van der Waals surface area contributed by atoms with Gasteiger partial charge in [0.1, 0.15) is 0 Å². The lowest BCUT2D eigenvalue weighted by atomic mass is 9.99. The van der Waals surface area contributed by atoms with Crippen molar-refractivity contribution in [3.63, 3.8) is 0 Å². The number of benzene rings is 1. The Labute approximate surface area is 123 Å². The summed E-state index contributed by atoms with van der Waals surface area (Å²) in [5.41, 5.74) is 4.70. The molecule has 0 spiro atoms. The smallest absolute Gasteiger partial charge is 0.0402 e. The zero-order chi connectivity index (χ0) is 13.9. The maximum Gasteiger partial charge on any atom is 0.0402 e. The second-order valence-electron chi connectivity index (χ2n) is 6.66. The molecule has 1 unspecified atom stereocenters. The average molecular weight is 272 g/mol. The quantitative estimate of drug-likeness (QED) is 0.884. The topological polar surface area (TPSA) is 15.3 Å². The van der Waals surface area contributed by atoms with Crippen LogP contribution in [0, 0.1) is 5.92 Å². The van der Waals surface area contributed by atoms with Gasteiger partial charge in [0.15, 0.2) is 0 Å². The number of hydrogen-bond donors (Lipinski definition) is 1. The predicted molar refractivity (Wildman–Crippen MR) is 86.5 cm³/mol. The number of rotatable bonds is 5. The van der Waals surface area contributed by atoms with E-state index in [0.717, 1.165) is 12.3 Å². The highest BCUT2D eigenvalue weighted by molar-refractivity contribution is 5.61. The maximum absolute atomic E-state index is 3.36. The maximum atomic E-state index is 3.36. The van der Waals surface area contributed by atoms with Crippen molar-refractivity contribution in [2.24, 2.45) is 5.92 Å². The van der Waals surface area contributed by atoms with Crippen molar-refractivity contribution in [2.45, 2.75) is 51.5 Å². The van der Waals surface area contributed by atoms with Gasteiger partial charge >= 0.3 is 0 Å². The Morgan fingerprint density at radius 3 is 2.85 bits per heavy atom. The van der Waals surface area contributed by atoms with E-state index in [1.807, 2.05) is 0 Å². The van der Waals surface area contributed by atoms with Crippen molar-refractivity contribution in [1.82, 2.24) is 5.32 Å². The molecule has 2 heteroatoms. The largest absolute Gasteiger partial charge is 0.371 e. The van der Waals surface area contributed by atoms with Gasteiger partial charge in [-0.3, -0.25) is 0 Å². The van der Waals surface area contributed by atoms with Gasteiger partial charge in [-0.2, -0.15) is 0 Å². The molecule has 2 aliphatic rings. The number of anilines is 1. The molecule has 1 saturated carbocycles. The molecule has 1 fully saturated rings. The SMILES string of the molecule is CNC(C)Cc1cccc2c1CCN2CC1CCCC1. The fourth-order valence-electron chi connectivity index (χ4n) is 3.89. The van der Waals surface area contributed by atoms with Gasteiger partial charge in [0, 0.05) is 24.8 Å². The monoisotopic (exact) mass is 272 g/mol. The van der Waals surface area contributed by atoms with Crippen LogP contribution in [0.3, 0.4) is 0 Å². The molecule has 110 valence electrons. The third kappa shape index (κ3) is 2.85. The lowest BCUT2D eigenvalue weighted by Gasteiger charge is -2.23. The molecule has 1 aliphatic heterocycles. The zero-order valence-electron chi connectivity index (χ0n) is 13.0. The van der Waals surface area contributed by atoms with Crippen molar-refractivity contribution in [2.75, 3.05) is 25.0 Å². The van der Waals surface area contributed by atoms with Crippen LogP contribution in [0.5, 0.6) is 0 Å². The summed E-state index contributed by atoms with van der Waals surface area (Å²) in [7, 11) is 2.06. The van der Waals surface area contributed by atoms with Gasteiger partial charge < -0.3 is 10.2 Å². The molecule has 1 heterocycles. The summed E-state index contributed by atoms with van der Waals surface area (Å²) in [5.74, 6) is 0.945.